The molecule has 5 heteroatoms. The Balaban J connectivity index is 2.13. The molecule has 1 heterocycles. The molecule has 1 saturated heterocycles. The van der Waals surface area contributed by atoms with Gasteiger partial charge in [-0.2, -0.15) is 0 Å². The van der Waals surface area contributed by atoms with Gasteiger partial charge in [-0.15, -0.1) is 0 Å². The minimum Gasteiger partial charge on any atom is -0.493 e. The van der Waals surface area contributed by atoms with Crippen LogP contribution < -0.4 is 0 Å². The Labute approximate surface area is 127 Å². The molecule has 5 nitrogen and oxygen atoms in total. The molecule has 124 valence electrons. The van der Waals surface area contributed by atoms with Gasteiger partial charge in [-0.05, 0) is 18.9 Å². The third-order valence-electron chi connectivity index (χ3n) is 3.81. The normalized spacial score (nSPS) is 27.3. The molecule has 1 aliphatic rings. The first-order valence-electron chi connectivity index (χ1n) is 8.09. The van der Waals surface area contributed by atoms with Gasteiger partial charge in [0.25, 0.3) is 0 Å². The molecule has 0 spiro atoms. The molecular weight excluding hydrogens is 272 g/mol. The maximum absolute atomic E-state index is 9.71. The van der Waals surface area contributed by atoms with Gasteiger partial charge < -0.3 is 24.8 Å². The summed E-state index contributed by atoms with van der Waals surface area (Å²) in [6, 6.07) is 0. The lowest BCUT2D eigenvalue weighted by Crippen LogP contribution is -2.41. The lowest BCUT2D eigenvalue weighted by atomic mass is 10.1. The molecule has 1 aliphatic heterocycles. The third kappa shape index (κ3) is 6.78. The minimum atomic E-state index is -1.01. The average Bonchev–Trinajstić information content (AvgIpc) is 2.82. The minimum absolute atomic E-state index is 0.0766. The maximum Gasteiger partial charge on any atom is 0.149 e. The van der Waals surface area contributed by atoms with Crippen LogP contribution in [0.2, 0.25) is 0 Å². The Kier molecular flexibility index (Phi) is 9.67. The van der Waals surface area contributed by atoms with E-state index in [9.17, 15) is 15.3 Å². The Morgan fingerprint density at radius 2 is 1.90 bits per heavy atom. The number of aliphatic hydroxyl groups excluding tert-OH is 3. The highest BCUT2D eigenvalue weighted by Gasteiger charge is 2.40. The molecule has 0 unspecified atom stereocenters. The topological polar surface area (TPSA) is 79.2 Å². The SMILES string of the molecule is CCCCCCCC/C=C/O[C@H](CO)[C@H]1OC[C@H](O)[C@H]1O. The van der Waals surface area contributed by atoms with Crippen molar-refractivity contribution in [1.29, 1.82) is 0 Å². The van der Waals surface area contributed by atoms with Crippen molar-refractivity contribution in [1.82, 2.24) is 0 Å². The zero-order chi connectivity index (χ0) is 15.5. The van der Waals surface area contributed by atoms with Gasteiger partial charge in [0.05, 0.1) is 19.5 Å². The molecule has 0 amide bonds. The second-order valence-electron chi connectivity index (χ2n) is 5.64. The van der Waals surface area contributed by atoms with E-state index in [0.717, 1.165) is 12.8 Å². The molecule has 3 N–H and O–H groups in total. The molecule has 0 aromatic rings. The van der Waals surface area contributed by atoms with Crippen molar-refractivity contribution in [3.63, 3.8) is 0 Å². The van der Waals surface area contributed by atoms with Gasteiger partial charge in [-0.3, -0.25) is 0 Å². The fourth-order valence-electron chi connectivity index (χ4n) is 2.44. The second-order valence-corrected chi connectivity index (χ2v) is 5.64. The number of hydrogen-bond acceptors (Lipinski definition) is 5. The molecule has 21 heavy (non-hydrogen) atoms. The van der Waals surface area contributed by atoms with E-state index < -0.39 is 24.4 Å². The summed E-state index contributed by atoms with van der Waals surface area (Å²) in [7, 11) is 0. The van der Waals surface area contributed by atoms with Gasteiger partial charge >= 0.3 is 0 Å². The molecule has 0 bridgehead atoms. The zero-order valence-corrected chi connectivity index (χ0v) is 13.0. The van der Waals surface area contributed by atoms with Crippen molar-refractivity contribution in [2.24, 2.45) is 0 Å². The summed E-state index contributed by atoms with van der Waals surface area (Å²) in [6.45, 7) is 2.03. The first-order chi connectivity index (χ1) is 10.2. The van der Waals surface area contributed by atoms with E-state index in [4.69, 9.17) is 9.47 Å². The zero-order valence-electron chi connectivity index (χ0n) is 13.0. The number of rotatable bonds is 11. The van der Waals surface area contributed by atoms with Crippen LogP contribution in [0.5, 0.6) is 0 Å². The van der Waals surface area contributed by atoms with Gasteiger partial charge in [0, 0.05) is 0 Å². The lowest BCUT2D eigenvalue weighted by molar-refractivity contribution is -0.0737. The fourth-order valence-corrected chi connectivity index (χ4v) is 2.44. The Morgan fingerprint density at radius 1 is 1.19 bits per heavy atom. The van der Waals surface area contributed by atoms with Crippen molar-refractivity contribution in [2.75, 3.05) is 13.2 Å². The molecular formula is C16H30O5. The summed E-state index contributed by atoms with van der Waals surface area (Å²) >= 11 is 0. The van der Waals surface area contributed by atoms with Crippen molar-refractivity contribution in [2.45, 2.75) is 76.3 Å². The first kappa shape index (κ1) is 18.4. The van der Waals surface area contributed by atoms with E-state index >= 15 is 0 Å². The number of ether oxygens (including phenoxy) is 2. The number of allylic oxidation sites excluding steroid dienone is 1. The highest BCUT2D eigenvalue weighted by Crippen LogP contribution is 2.19. The number of unbranched alkanes of at least 4 members (excludes halogenated alkanes) is 6. The van der Waals surface area contributed by atoms with Crippen LogP contribution in [0, 0.1) is 0 Å². The number of aliphatic hydroxyl groups is 3. The van der Waals surface area contributed by atoms with Crippen LogP contribution in [0.4, 0.5) is 0 Å². The van der Waals surface area contributed by atoms with E-state index in [2.05, 4.69) is 6.92 Å². The summed E-state index contributed by atoms with van der Waals surface area (Å²) in [6.07, 6.45) is 8.74. The molecule has 0 radical (unpaired) electrons. The van der Waals surface area contributed by atoms with E-state index in [1.807, 2.05) is 6.08 Å². The van der Waals surface area contributed by atoms with Gasteiger partial charge in [-0.1, -0.05) is 39.0 Å². The molecule has 0 aliphatic carbocycles. The fraction of sp³-hybridized carbons (Fsp3) is 0.875. The van der Waals surface area contributed by atoms with E-state index in [-0.39, 0.29) is 13.2 Å². The van der Waals surface area contributed by atoms with Crippen LogP contribution in [-0.2, 0) is 9.47 Å². The van der Waals surface area contributed by atoms with Crippen LogP contribution >= 0.6 is 0 Å². The van der Waals surface area contributed by atoms with Crippen LogP contribution in [0.25, 0.3) is 0 Å². The van der Waals surface area contributed by atoms with E-state index in [1.54, 1.807) is 6.26 Å². The van der Waals surface area contributed by atoms with Crippen LogP contribution in [0.15, 0.2) is 12.3 Å². The largest absolute Gasteiger partial charge is 0.493 e. The predicted molar refractivity (Wildman–Crippen MR) is 80.8 cm³/mol. The summed E-state index contributed by atoms with van der Waals surface area (Å²) in [5, 5.41) is 28.4. The molecule has 0 aromatic carbocycles. The maximum atomic E-state index is 9.71. The van der Waals surface area contributed by atoms with Gasteiger partial charge in [0.1, 0.15) is 24.4 Å². The smallest absolute Gasteiger partial charge is 0.149 e. The van der Waals surface area contributed by atoms with Gasteiger partial charge in [0.15, 0.2) is 0 Å². The second kappa shape index (κ2) is 11.0. The quantitative estimate of drug-likeness (QED) is 0.400. The summed E-state index contributed by atoms with van der Waals surface area (Å²) in [5.41, 5.74) is 0. The standard InChI is InChI=1S/C16H30O5/c1-2-3-4-5-6-7-8-9-10-20-14(11-17)16-15(19)13(18)12-21-16/h9-10,13-19H,2-8,11-12H2,1H3/b10-9+/t13-,14+,15+,16+/m0/s1. The monoisotopic (exact) mass is 302 g/mol. The molecule has 1 fully saturated rings. The van der Waals surface area contributed by atoms with Crippen LogP contribution in [-0.4, -0.2) is 52.9 Å². The first-order valence-corrected chi connectivity index (χ1v) is 8.09. The molecule has 4 atom stereocenters. The molecule has 0 saturated carbocycles. The third-order valence-corrected chi connectivity index (χ3v) is 3.81. The van der Waals surface area contributed by atoms with E-state index in [1.165, 1.54) is 32.1 Å². The van der Waals surface area contributed by atoms with Gasteiger partial charge in [-0.25, -0.2) is 0 Å². The lowest BCUT2D eigenvalue weighted by Gasteiger charge is -2.23. The number of hydrogen-bond donors (Lipinski definition) is 3. The average molecular weight is 302 g/mol. The van der Waals surface area contributed by atoms with E-state index in [0.29, 0.717) is 0 Å². The summed E-state index contributed by atoms with van der Waals surface area (Å²) in [5.74, 6) is 0. The highest BCUT2D eigenvalue weighted by molar-refractivity contribution is 4.90. The summed E-state index contributed by atoms with van der Waals surface area (Å²) < 4.78 is 10.7. The molecule has 0 aromatic heterocycles. The van der Waals surface area contributed by atoms with Gasteiger partial charge in [0.2, 0.25) is 0 Å². The van der Waals surface area contributed by atoms with Crippen LogP contribution in [0.1, 0.15) is 51.9 Å². The predicted octanol–water partition coefficient (Wildman–Crippen LogP) is 1.75. The van der Waals surface area contributed by atoms with Crippen molar-refractivity contribution >= 4 is 0 Å². The Bertz CT molecular complexity index is 282. The van der Waals surface area contributed by atoms with Crippen molar-refractivity contribution in [3.05, 3.63) is 12.3 Å². The Hall–Kier alpha value is -0.620. The Morgan fingerprint density at radius 3 is 2.52 bits per heavy atom. The highest BCUT2D eigenvalue weighted by atomic mass is 16.6. The van der Waals surface area contributed by atoms with Crippen LogP contribution in [0.3, 0.4) is 0 Å². The van der Waals surface area contributed by atoms with Crippen molar-refractivity contribution in [3.8, 4) is 0 Å². The van der Waals surface area contributed by atoms with Crippen molar-refractivity contribution < 1.29 is 24.8 Å². The summed E-state index contributed by atoms with van der Waals surface area (Å²) in [4.78, 5) is 0. The molecule has 1 rings (SSSR count).